The highest BCUT2D eigenvalue weighted by Gasteiger charge is 2.20. The average molecular weight is 333 g/mol. The Morgan fingerprint density at radius 3 is 2.61 bits per heavy atom. The number of hydrogen-bond acceptors (Lipinski definition) is 5. The summed E-state index contributed by atoms with van der Waals surface area (Å²) in [4.78, 5) is 2.05. The fraction of sp³-hybridized carbons (Fsp3) is 0.438. The molecule has 0 aliphatic rings. The molecule has 5 nitrogen and oxygen atoms in total. The van der Waals surface area contributed by atoms with E-state index in [1.807, 2.05) is 30.5 Å². The van der Waals surface area contributed by atoms with Gasteiger partial charge in [-0.1, -0.05) is 11.8 Å². The lowest BCUT2D eigenvalue weighted by molar-refractivity contribution is 0.305. The van der Waals surface area contributed by atoms with Gasteiger partial charge in [0.2, 0.25) is 0 Å². The Morgan fingerprint density at radius 1 is 1.30 bits per heavy atom. The summed E-state index contributed by atoms with van der Waals surface area (Å²) < 4.78 is 15.2. The van der Waals surface area contributed by atoms with E-state index in [1.54, 1.807) is 23.9 Å². The molecule has 0 aliphatic heterocycles. The van der Waals surface area contributed by atoms with Gasteiger partial charge in [-0.15, -0.1) is 10.2 Å². The van der Waals surface area contributed by atoms with Crippen LogP contribution in [0.5, 0.6) is 0 Å². The lowest BCUT2D eigenvalue weighted by Crippen LogP contribution is -2.20. The minimum Gasteiger partial charge on any atom is -0.300 e. The van der Waals surface area contributed by atoms with Crippen LogP contribution in [0.1, 0.15) is 31.6 Å². The molecular formula is C16H20FN5S. The molecule has 1 aromatic carbocycles. The van der Waals surface area contributed by atoms with Gasteiger partial charge in [0.25, 0.3) is 0 Å². The van der Waals surface area contributed by atoms with Crippen LogP contribution in [0, 0.1) is 17.1 Å². The van der Waals surface area contributed by atoms with Crippen LogP contribution in [0.3, 0.4) is 0 Å². The SMILES string of the molecule is CC(c1nnc(SCCCC#N)n1-c1ccc(F)cc1)N(C)C. The van der Waals surface area contributed by atoms with E-state index in [-0.39, 0.29) is 11.9 Å². The number of nitriles is 1. The summed E-state index contributed by atoms with van der Waals surface area (Å²) in [5.41, 5.74) is 0.836. The summed E-state index contributed by atoms with van der Waals surface area (Å²) in [6, 6.07) is 8.53. The van der Waals surface area contributed by atoms with E-state index in [4.69, 9.17) is 5.26 Å². The third kappa shape index (κ3) is 4.30. The molecule has 1 unspecified atom stereocenters. The maximum Gasteiger partial charge on any atom is 0.195 e. The topological polar surface area (TPSA) is 57.7 Å². The molecule has 1 heterocycles. The van der Waals surface area contributed by atoms with Gasteiger partial charge in [0, 0.05) is 17.9 Å². The molecule has 1 atom stereocenters. The number of thioether (sulfide) groups is 1. The number of halogens is 1. The lowest BCUT2D eigenvalue weighted by atomic mass is 10.2. The van der Waals surface area contributed by atoms with Gasteiger partial charge in [0.05, 0.1) is 12.1 Å². The highest BCUT2D eigenvalue weighted by atomic mass is 32.2. The molecule has 0 saturated carbocycles. The highest BCUT2D eigenvalue weighted by Crippen LogP contribution is 2.27. The normalized spacial score (nSPS) is 12.3. The van der Waals surface area contributed by atoms with E-state index in [0.717, 1.165) is 28.8 Å². The van der Waals surface area contributed by atoms with Crippen LogP contribution in [-0.2, 0) is 0 Å². The number of benzene rings is 1. The van der Waals surface area contributed by atoms with Crippen molar-refractivity contribution in [3.63, 3.8) is 0 Å². The molecule has 2 rings (SSSR count). The maximum atomic E-state index is 13.2. The Bertz CT molecular complexity index is 675. The summed E-state index contributed by atoms with van der Waals surface area (Å²) in [7, 11) is 3.96. The van der Waals surface area contributed by atoms with Crippen LogP contribution >= 0.6 is 11.8 Å². The van der Waals surface area contributed by atoms with Gasteiger partial charge in [-0.25, -0.2) is 4.39 Å². The molecule has 0 fully saturated rings. The van der Waals surface area contributed by atoms with Crippen LogP contribution in [0.25, 0.3) is 5.69 Å². The molecule has 2 aromatic rings. The van der Waals surface area contributed by atoms with Crippen molar-refractivity contribution in [1.29, 1.82) is 5.26 Å². The fourth-order valence-corrected chi connectivity index (χ4v) is 2.92. The van der Waals surface area contributed by atoms with E-state index < -0.39 is 0 Å². The quantitative estimate of drug-likeness (QED) is 0.574. The van der Waals surface area contributed by atoms with Gasteiger partial charge >= 0.3 is 0 Å². The third-order valence-corrected chi connectivity index (χ3v) is 4.57. The minimum atomic E-state index is -0.271. The van der Waals surface area contributed by atoms with Gasteiger partial charge in [-0.2, -0.15) is 5.26 Å². The summed E-state index contributed by atoms with van der Waals surface area (Å²) in [5.74, 6) is 1.33. The van der Waals surface area contributed by atoms with E-state index in [2.05, 4.69) is 16.3 Å². The zero-order valence-electron chi connectivity index (χ0n) is 13.5. The van der Waals surface area contributed by atoms with Gasteiger partial charge in [-0.3, -0.25) is 9.47 Å². The van der Waals surface area contributed by atoms with Crippen molar-refractivity contribution in [1.82, 2.24) is 19.7 Å². The second-order valence-corrected chi connectivity index (χ2v) is 6.46. The van der Waals surface area contributed by atoms with Gasteiger partial charge in [-0.05, 0) is 51.7 Å². The Kier molecular flexibility index (Phi) is 6.13. The van der Waals surface area contributed by atoms with Crippen molar-refractivity contribution >= 4 is 11.8 Å². The second kappa shape index (κ2) is 8.09. The monoisotopic (exact) mass is 333 g/mol. The van der Waals surface area contributed by atoms with E-state index in [1.165, 1.54) is 12.1 Å². The predicted octanol–water partition coefficient (Wildman–Crippen LogP) is 3.42. The molecule has 122 valence electrons. The van der Waals surface area contributed by atoms with Gasteiger partial charge in [0.15, 0.2) is 11.0 Å². The highest BCUT2D eigenvalue weighted by molar-refractivity contribution is 7.99. The average Bonchev–Trinajstić information content (AvgIpc) is 2.95. The van der Waals surface area contributed by atoms with Crippen molar-refractivity contribution in [2.45, 2.75) is 31.0 Å². The van der Waals surface area contributed by atoms with E-state index in [9.17, 15) is 4.39 Å². The zero-order valence-corrected chi connectivity index (χ0v) is 14.3. The number of nitrogens with zero attached hydrogens (tertiary/aromatic N) is 5. The Balaban J connectivity index is 2.35. The Labute approximate surface area is 140 Å². The summed E-state index contributed by atoms with van der Waals surface area (Å²) in [6.07, 6.45) is 1.33. The maximum absolute atomic E-state index is 13.2. The molecule has 0 spiro atoms. The Hall–Kier alpha value is -1.91. The molecule has 0 bridgehead atoms. The molecular weight excluding hydrogens is 313 g/mol. The predicted molar refractivity (Wildman–Crippen MR) is 89.0 cm³/mol. The second-order valence-electron chi connectivity index (χ2n) is 5.40. The van der Waals surface area contributed by atoms with Crippen molar-refractivity contribution in [2.24, 2.45) is 0 Å². The lowest BCUT2D eigenvalue weighted by Gasteiger charge is -2.20. The standard InChI is InChI=1S/C16H20FN5S/c1-12(21(2)3)15-19-20-16(23-11-5-4-10-18)22(15)14-8-6-13(17)7-9-14/h6-9,12H,4-5,11H2,1-3H3. The first kappa shape index (κ1) is 17.4. The van der Waals surface area contributed by atoms with Crippen LogP contribution in [0.15, 0.2) is 29.4 Å². The molecule has 23 heavy (non-hydrogen) atoms. The number of rotatable bonds is 7. The summed E-state index contributed by atoms with van der Waals surface area (Å²) in [5, 5.41) is 18.0. The molecule has 7 heteroatoms. The minimum absolute atomic E-state index is 0.0704. The molecule has 0 saturated heterocycles. The summed E-state index contributed by atoms with van der Waals surface area (Å²) >= 11 is 1.56. The third-order valence-electron chi connectivity index (χ3n) is 3.56. The summed E-state index contributed by atoms with van der Waals surface area (Å²) in [6.45, 7) is 2.05. The van der Waals surface area contributed by atoms with Crippen molar-refractivity contribution in [2.75, 3.05) is 19.8 Å². The largest absolute Gasteiger partial charge is 0.300 e. The van der Waals surface area contributed by atoms with Crippen LogP contribution in [0.2, 0.25) is 0 Å². The van der Waals surface area contributed by atoms with Crippen LogP contribution < -0.4 is 0 Å². The van der Waals surface area contributed by atoms with Gasteiger partial charge in [0.1, 0.15) is 5.82 Å². The molecule has 0 aliphatic carbocycles. The van der Waals surface area contributed by atoms with E-state index >= 15 is 0 Å². The smallest absolute Gasteiger partial charge is 0.195 e. The number of hydrogen-bond donors (Lipinski definition) is 0. The first-order valence-electron chi connectivity index (χ1n) is 7.42. The molecule has 0 amide bonds. The van der Waals surface area contributed by atoms with Crippen LogP contribution in [0.4, 0.5) is 4.39 Å². The Morgan fingerprint density at radius 2 is 2.00 bits per heavy atom. The van der Waals surface area contributed by atoms with E-state index in [0.29, 0.717) is 6.42 Å². The van der Waals surface area contributed by atoms with Crippen molar-refractivity contribution < 1.29 is 4.39 Å². The molecule has 0 N–H and O–H groups in total. The van der Waals surface area contributed by atoms with Gasteiger partial charge < -0.3 is 0 Å². The number of unbranched alkanes of at least 4 members (excludes halogenated alkanes) is 1. The fourth-order valence-electron chi connectivity index (χ4n) is 2.02. The molecule has 1 aromatic heterocycles. The zero-order chi connectivity index (χ0) is 16.8. The van der Waals surface area contributed by atoms with Crippen LogP contribution in [-0.4, -0.2) is 39.5 Å². The van der Waals surface area contributed by atoms with Crippen molar-refractivity contribution in [3.8, 4) is 11.8 Å². The van der Waals surface area contributed by atoms with Crippen molar-refractivity contribution in [3.05, 3.63) is 35.9 Å². The first-order valence-corrected chi connectivity index (χ1v) is 8.40. The number of aromatic nitrogens is 3. The first-order chi connectivity index (χ1) is 11.0. The molecule has 0 radical (unpaired) electrons.